The van der Waals surface area contributed by atoms with Crippen molar-refractivity contribution >= 4 is 58.0 Å². The number of aliphatic carboxylic acids is 1. The highest BCUT2D eigenvalue weighted by atomic mass is 127. The quantitative estimate of drug-likeness (QED) is 0.208. The first kappa shape index (κ1) is 23.4. The molecule has 10 heteroatoms. The van der Waals surface area contributed by atoms with Crippen LogP contribution in [0.1, 0.15) is 19.4 Å². The number of thioether (sulfide) groups is 1. The van der Waals surface area contributed by atoms with Crippen LogP contribution in [0.2, 0.25) is 5.02 Å². The lowest BCUT2D eigenvalue weighted by Gasteiger charge is -2.10. The van der Waals surface area contributed by atoms with E-state index in [0.717, 1.165) is 17.3 Å². The Labute approximate surface area is 202 Å². The molecule has 0 fully saturated rings. The molecule has 0 aliphatic carbocycles. The van der Waals surface area contributed by atoms with E-state index in [0.29, 0.717) is 44.0 Å². The molecule has 31 heavy (non-hydrogen) atoms. The van der Waals surface area contributed by atoms with Gasteiger partial charge in [-0.3, -0.25) is 0 Å². The van der Waals surface area contributed by atoms with E-state index in [-0.39, 0.29) is 10.7 Å². The number of phenolic OH excluding ortho intramolecular Hbond substituents is 1. The second-order valence-electron chi connectivity index (χ2n) is 6.26. The number of benzene rings is 2. The van der Waals surface area contributed by atoms with Gasteiger partial charge in [0.25, 0.3) is 0 Å². The van der Waals surface area contributed by atoms with Crippen molar-refractivity contribution in [1.82, 2.24) is 14.8 Å². The predicted octanol–water partition coefficient (Wildman–Crippen LogP) is 5.55. The zero-order valence-electron chi connectivity index (χ0n) is 16.7. The minimum absolute atomic E-state index is 0.0301. The second kappa shape index (κ2) is 10.4. The van der Waals surface area contributed by atoms with Gasteiger partial charge in [-0.25, -0.2) is 4.79 Å². The molecular formula is C21H19ClIN3O4S. The maximum absolute atomic E-state index is 11.9. The van der Waals surface area contributed by atoms with E-state index in [2.05, 4.69) is 10.2 Å². The predicted molar refractivity (Wildman–Crippen MR) is 130 cm³/mol. The van der Waals surface area contributed by atoms with Gasteiger partial charge >= 0.3 is 5.97 Å². The molecule has 0 aliphatic rings. The van der Waals surface area contributed by atoms with Crippen LogP contribution in [0.3, 0.4) is 0 Å². The first-order chi connectivity index (χ1) is 14.8. The number of rotatable bonds is 8. The Hall–Kier alpha value is -2.24. The number of hydrogen-bond donors (Lipinski definition) is 2. The maximum atomic E-state index is 11.9. The van der Waals surface area contributed by atoms with Gasteiger partial charge in [0.15, 0.2) is 22.5 Å². The minimum Gasteiger partial charge on any atom is -0.504 e. The monoisotopic (exact) mass is 571 g/mol. The molecule has 0 radical (unpaired) electrons. The molecule has 3 aromatic rings. The van der Waals surface area contributed by atoms with Crippen LogP contribution in [-0.4, -0.2) is 37.6 Å². The Kier molecular flexibility index (Phi) is 7.84. The molecule has 2 aromatic carbocycles. The molecular weight excluding hydrogens is 553 g/mol. The van der Waals surface area contributed by atoms with E-state index in [9.17, 15) is 15.0 Å². The fourth-order valence-corrected chi connectivity index (χ4v) is 4.43. The third-order valence-electron chi connectivity index (χ3n) is 4.20. The van der Waals surface area contributed by atoms with Crippen molar-refractivity contribution in [2.24, 2.45) is 0 Å². The van der Waals surface area contributed by atoms with E-state index >= 15 is 0 Å². The van der Waals surface area contributed by atoms with Crippen LogP contribution in [0.25, 0.3) is 17.5 Å². The first-order valence-corrected chi connectivity index (χ1v) is 11.6. The Morgan fingerprint density at radius 1 is 1.26 bits per heavy atom. The summed E-state index contributed by atoms with van der Waals surface area (Å²) in [6, 6.07) is 10.5. The smallest absolute Gasteiger partial charge is 0.342 e. The summed E-state index contributed by atoms with van der Waals surface area (Å²) >= 11 is 8.95. The minimum atomic E-state index is -1.09. The first-order valence-electron chi connectivity index (χ1n) is 9.31. The van der Waals surface area contributed by atoms with Crippen molar-refractivity contribution in [3.63, 3.8) is 0 Å². The largest absolute Gasteiger partial charge is 0.504 e. The van der Waals surface area contributed by atoms with Crippen molar-refractivity contribution in [3.05, 3.63) is 55.5 Å². The summed E-state index contributed by atoms with van der Waals surface area (Å²) in [7, 11) is 0. The van der Waals surface area contributed by atoms with Crippen LogP contribution in [0.15, 0.2) is 46.5 Å². The van der Waals surface area contributed by atoms with Gasteiger partial charge in [-0.1, -0.05) is 11.6 Å². The molecule has 2 N–H and O–H groups in total. The molecule has 0 atom stereocenters. The standard InChI is InChI=1S/C21H19ClIN3O4S/c1-3-26-19(13-5-7-14(22)8-6-13)24-25-21(26)31-17(20(28)29)11-12-9-15(23)18(27)16(10-12)30-4-2/h5-11,27H,3-4H2,1-2H3,(H,28,29)/b17-11-. The lowest BCUT2D eigenvalue weighted by Crippen LogP contribution is -2.03. The third kappa shape index (κ3) is 5.52. The molecule has 0 unspecified atom stereocenters. The summed E-state index contributed by atoms with van der Waals surface area (Å²) in [6.07, 6.45) is 1.52. The van der Waals surface area contributed by atoms with Crippen LogP contribution >= 0.6 is 46.0 Å². The van der Waals surface area contributed by atoms with Crippen LogP contribution in [0.5, 0.6) is 11.5 Å². The molecule has 0 spiro atoms. The molecule has 0 aliphatic heterocycles. The molecule has 162 valence electrons. The summed E-state index contributed by atoms with van der Waals surface area (Å²) < 4.78 is 7.85. The lowest BCUT2D eigenvalue weighted by molar-refractivity contribution is -0.131. The van der Waals surface area contributed by atoms with E-state index < -0.39 is 5.97 Å². The molecule has 0 bridgehead atoms. The number of halogens is 2. The zero-order chi connectivity index (χ0) is 22.5. The molecule has 0 saturated heterocycles. The Balaban J connectivity index is 1.98. The number of aromatic hydroxyl groups is 1. The van der Waals surface area contributed by atoms with Crippen LogP contribution in [0.4, 0.5) is 0 Å². The molecule has 1 heterocycles. The number of phenols is 1. The zero-order valence-corrected chi connectivity index (χ0v) is 20.4. The van der Waals surface area contributed by atoms with Gasteiger partial charge in [0.05, 0.1) is 10.2 Å². The van der Waals surface area contributed by atoms with Crippen molar-refractivity contribution in [1.29, 1.82) is 0 Å². The highest BCUT2D eigenvalue weighted by Gasteiger charge is 2.19. The van der Waals surface area contributed by atoms with Crippen molar-refractivity contribution < 1.29 is 19.7 Å². The average Bonchev–Trinajstić information content (AvgIpc) is 3.14. The van der Waals surface area contributed by atoms with Gasteiger partial charge < -0.3 is 19.5 Å². The fraction of sp³-hybridized carbons (Fsp3) is 0.190. The third-order valence-corrected chi connectivity index (χ3v) is 6.27. The van der Waals surface area contributed by atoms with Crippen molar-refractivity contribution in [2.75, 3.05) is 6.61 Å². The topological polar surface area (TPSA) is 97.5 Å². The van der Waals surface area contributed by atoms with E-state index in [1.54, 1.807) is 24.3 Å². The van der Waals surface area contributed by atoms with Crippen LogP contribution in [0, 0.1) is 3.57 Å². The van der Waals surface area contributed by atoms with E-state index in [1.807, 2.05) is 53.1 Å². The number of carbonyl (C=O) groups is 1. The summed E-state index contributed by atoms with van der Waals surface area (Å²) in [5, 5.41) is 29.4. The van der Waals surface area contributed by atoms with E-state index in [4.69, 9.17) is 16.3 Å². The van der Waals surface area contributed by atoms with E-state index in [1.165, 1.54) is 6.08 Å². The number of carboxylic acids is 1. The average molecular weight is 572 g/mol. The fourth-order valence-electron chi connectivity index (χ4n) is 2.79. The van der Waals surface area contributed by atoms with Gasteiger partial charge in [0.2, 0.25) is 0 Å². The number of carboxylic acid groups (broad SMARTS) is 1. The van der Waals surface area contributed by atoms with Gasteiger partial charge in [-0.05, 0) is 96.2 Å². The van der Waals surface area contributed by atoms with Crippen LogP contribution < -0.4 is 4.74 Å². The molecule has 0 amide bonds. The Morgan fingerprint density at radius 3 is 2.58 bits per heavy atom. The van der Waals surface area contributed by atoms with Gasteiger partial charge in [0, 0.05) is 17.1 Å². The molecule has 0 saturated carbocycles. The number of ether oxygens (including phenoxy) is 1. The van der Waals surface area contributed by atoms with Gasteiger partial charge in [0.1, 0.15) is 4.91 Å². The highest BCUT2D eigenvalue weighted by molar-refractivity contribution is 14.1. The lowest BCUT2D eigenvalue weighted by atomic mass is 10.2. The highest BCUT2D eigenvalue weighted by Crippen LogP contribution is 2.35. The SMILES string of the molecule is CCOc1cc(/C=C(\Sc2nnc(-c3ccc(Cl)cc3)n2CC)C(=O)O)cc(I)c1O. The maximum Gasteiger partial charge on any atom is 0.342 e. The Morgan fingerprint density at radius 2 is 1.97 bits per heavy atom. The number of hydrogen-bond acceptors (Lipinski definition) is 6. The van der Waals surface area contributed by atoms with Crippen LogP contribution in [-0.2, 0) is 11.3 Å². The second-order valence-corrected chi connectivity index (χ2v) is 8.86. The van der Waals surface area contributed by atoms with Crippen molar-refractivity contribution in [3.8, 4) is 22.9 Å². The van der Waals surface area contributed by atoms with Gasteiger partial charge in [-0.2, -0.15) is 0 Å². The van der Waals surface area contributed by atoms with Gasteiger partial charge in [-0.15, -0.1) is 10.2 Å². The molecule has 1 aromatic heterocycles. The summed E-state index contributed by atoms with van der Waals surface area (Å²) in [5.41, 5.74) is 1.43. The number of aromatic nitrogens is 3. The summed E-state index contributed by atoms with van der Waals surface area (Å²) in [6.45, 7) is 4.69. The Bertz CT molecular complexity index is 1130. The summed E-state index contributed by atoms with van der Waals surface area (Å²) in [5.74, 6) is -0.131. The molecule has 3 rings (SSSR count). The molecule has 7 nitrogen and oxygen atoms in total. The van der Waals surface area contributed by atoms with Crippen molar-refractivity contribution in [2.45, 2.75) is 25.5 Å². The summed E-state index contributed by atoms with van der Waals surface area (Å²) in [4.78, 5) is 12.0. The normalized spacial score (nSPS) is 11.5. The number of nitrogens with zero attached hydrogens (tertiary/aromatic N) is 3.